The van der Waals surface area contributed by atoms with Gasteiger partial charge >= 0.3 is 0 Å². The van der Waals surface area contributed by atoms with Crippen molar-refractivity contribution in [2.75, 3.05) is 5.32 Å². The van der Waals surface area contributed by atoms with Crippen molar-refractivity contribution in [3.05, 3.63) is 77.6 Å². The number of anilines is 1. The summed E-state index contributed by atoms with van der Waals surface area (Å²) in [7, 11) is 0. The fourth-order valence-corrected chi connectivity index (χ4v) is 4.38. The van der Waals surface area contributed by atoms with Gasteiger partial charge in [-0.15, -0.1) is 21.5 Å². The Hall–Kier alpha value is -3.17. The zero-order valence-electron chi connectivity index (χ0n) is 17.1. The van der Waals surface area contributed by atoms with Crippen LogP contribution in [0.5, 0.6) is 5.75 Å². The van der Waals surface area contributed by atoms with Gasteiger partial charge in [0.2, 0.25) is 5.91 Å². The Balaban J connectivity index is 1.53. The molecule has 4 aromatic rings. The highest BCUT2D eigenvalue weighted by atomic mass is 32.2. The maximum Gasteiger partial charge on any atom is 0.239 e. The maximum absolute atomic E-state index is 12.6. The van der Waals surface area contributed by atoms with E-state index in [1.165, 1.54) is 23.1 Å². The molecule has 0 unspecified atom stereocenters. The molecule has 31 heavy (non-hydrogen) atoms. The molecular formula is C22H21N5O2S2. The normalized spacial score (nSPS) is 11.8. The van der Waals surface area contributed by atoms with E-state index in [4.69, 9.17) is 4.74 Å². The average Bonchev–Trinajstić information content (AvgIpc) is 3.39. The van der Waals surface area contributed by atoms with E-state index in [2.05, 4.69) is 20.5 Å². The van der Waals surface area contributed by atoms with E-state index in [1.54, 1.807) is 0 Å². The van der Waals surface area contributed by atoms with Crippen LogP contribution in [0.25, 0.3) is 5.69 Å². The Morgan fingerprint density at radius 1 is 1.13 bits per heavy atom. The molecule has 1 amide bonds. The number of hydrogen-bond acceptors (Lipinski definition) is 7. The molecule has 2 heterocycles. The molecule has 0 spiro atoms. The van der Waals surface area contributed by atoms with Gasteiger partial charge in [0.1, 0.15) is 12.4 Å². The van der Waals surface area contributed by atoms with Gasteiger partial charge in [0.05, 0.1) is 10.9 Å². The van der Waals surface area contributed by atoms with Crippen LogP contribution in [0.2, 0.25) is 0 Å². The van der Waals surface area contributed by atoms with Crippen molar-refractivity contribution in [1.29, 1.82) is 0 Å². The second kappa shape index (κ2) is 9.76. The number of amides is 1. The third kappa shape index (κ3) is 5.31. The van der Waals surface area contributed by atoms with Crippen LogP contribution >= 0.6 is 23.1 Å². The molecule has 1 atom stereocenters. The van der Waals surface area contributed by atoms with Crippen molar-refractivity contribution < 1.29 is 9.53 Å². The number of nitrogens with zero attached hydrogens (tertiary/aromatic N) is 4. The van der Waals surface area contributed by atoms with Crippen molar-refractivity contribution in [1.82, 2.24) is 19.7 Å². The van der Waals surface area contributed by atoms with E-state index < -0.39 is 5.25 Å². The highest BCUT2D eigenvalue weighted by Crippen LogP contribution is 2.27. The number of nitrogens with one attached hydrogen (secondary N) is 1. The molecule has 2 aromatic heterocycles. The first-order valence-electron chi connectivity index (χ1n) is 9.67. The van der Waals surface area contributed by atoms with Crippen LogP contribution in [0.4, 0.5) is 5.13 Å². The van der Waals surface area contributed by atoms with Gasteiger partial charge in [0.15, 0.2) is 16.1 Å². The van der Waals surface area contributed by atoms with E-state index in [1.807, 2.05) is 84.5 Å². The van der Waals surface area contributed by atoms with Gasteiger partial charge in [-0.1, -0.05) is 48.2 Å². The van der Waals surface area contributed by atoms with Gasteiger partial charge < -0.3 is 10.1 Å². The Kier molecular flexibility index (Phi) is 6.63. The van der Waals surface area contributed by atoms with Crippen molar-refractivity contribution in [3.63, 3.8) is 0 Å². The van der Waals surface area contributed by atoms with Crippen LogP contribution < -0.4 is 10.1 Å². The topological polar surface area (TPSA) is 81.9 Å². The molecule has 0 fully saturated rings. The van der Waals surface area contributed by atoms with Gasteiger partial charge in [-0.2, -0.15) is 0 Å². The zero-order chi connectivity index (χ0) is 21.6. The van der Waals surface area contributed by atoms with Crippen LogP contribution in [0.15, 0.2) is 71.2 Å². The number of benzene rings is 2. The predicted molar refractivity (Wildman–Crippen MR) is 123 cm³/mol. The second-order valence-corrected chi connectivity index (χ2v) is 8.88. The monoisotopic (exact) mass is 451 g/mol. The third-order valence-corrected chi connectivity index (χ3v) is 6.24. The molecule has 7 nitrogen and oxygen atoms in total. The number of thioether (sulfide) groups is 1. The predicted octanol–water partition coefficient (Wildman–Crippen LogP) is 4.73. The number of para-hydroxylation sites is 2. The molecule has 0 aliphatic heterocycles. The van der Waals surface area contributed by atoms with Gasteiger partial charge in [0.25, 0.3) is 0 Å². The first kappa shape index (κ1) is 21.1. The van der Waals surface area contributed by atoms with Crippen molar-refractivity contribution in [2.45, 2.75) is 30.9 Å². The first-order valence-corrected chi connectivity index (χ1v) is 11.4. The standard InChI is InChI=1S/C22H21N5O2S2/c1-15-14-30-21(23-15)24-20(28)16(2)31-22-26-25-19(13-29-18-11-7-4-8-12-18)27(22)17-9-5-3-6-10-17/h3-12,14,16H,13H2,1-2H3,(H,23,24,28)/t16-/m1/s1. The summed E-state index contributed by atoms with van der Waals surface area (Å²) in [4.78, 5) is 16.9. The van der Waals surface area contributed by atoms with E-state index in [0.29, 0.717) is 16.1 Å². The average molecular weight is 452 g/mol. The Labute approximate surface area is 188 Å². The minimum atomic E-state index is -0.390. The summed E-state index contributed by atoms with van der Waals surface area (Å²) < 4.78 is 7.80. The number of thiazole rings is 1. The highest BCUT2D eigenvalue weighted by Gasteiger charge is 2.22. The van der Waals surface area contributed by atoms with E-state index in [0.717, 1.165) is 17.1 Å². The second-order valence-electron chi connectivity index (χ2n) is 6.71. The zero-order valence-corrected chi connectivity index (χ0v) is 18.7. The molecule has 0 aliphatic carbocycles. The maximum atomic E-state index is 12.6. The number of aromatic nitrogens is 4. The molecular weight excluding hydrogens is 430 g/mol. The summed E-state index contributed by atoms with van der Waals surface area (Å²) in [6.45, 7) is 3.99. The van der Waals surface area contributed by atoms with Crippen LogP contribution in [-0.2, 0) is 11.4 Å². The van der Waals surface area contributed by atoms with Gasteiger partial charge in [-0.25, -0.2) is 4.98 Å². The molecule has 2 aromatic carbocycles. The first-order chi connectivity index (χ1) is 15.1. The number of ether oxygens (including phenoxy) is 1. The summed E-state index contributed by atoms with van der Waals surface area (Å²) in [5.41, 5.74) is 1.79. The number of hydrogen-bond donors (Lipinski definition) is 1. The molecule has 0 bridgehead atoms. The van der Waals surface area contributed by atoms with Crippen molar-refractivity contribution in [3.8, 4) is 11.4 Å². The lowest BCUT2D eigenvalue weighted by atomic mass is 10.3. The summed E-state index contributed by atoms with van der Waals surface area (Å²) >= 11 is 2.75. The van der Waals surface area contributed by atoms with Gasteiger partial charge in [0, 0.05) is 11.1 Å². The van der Waals surface area contributed by atoms with Crippen molar-refractivity contribution >= 4 is 34.1 Å². The molecule has 0 radical (unpaired) electrons. The minimum Gasteiger partial charge on any atom is -0.486 e. The van der Waals surface area contributed by atoms with Crippen LogP contribution in [0.3, 0.4) is 0 Å². The Bertz CT molecular complexity index is 1150. The SMILES string of the molecule is Cc1csc(NC(=O)[C@@H](C)Sc2nnc(COc3ccccc3)n2-c2ccccc2)n1. The summed E-state index contributed by atoms with van der Waals surface area (Å²) in [6, 6.07) is 19.4. The minimum absolute atomic E-state index is 0.135. The molecule has 0 saturated heterocycles. The van der Waals surface area contributed by atoms with Gasteiger partial charge in [-0.3, -0.25) is 9.36 Å². The molecule has 9 heteroatoms. The largest absolute Gasteiger partial charge is 0.486 e. The molecule has 4 rings (SSSR count). The number of aryl methyl sites for hydroxylation is 1. The summed E-state index contributed by atoms with van der Waals surface area (Å²) in [6.07, 6.45) is 0. The van der Waals surface area contributed by atoms with E-state index in [-0.39, 0.29) is 12.5 Å². The molecule has 1 N–H and O–H groups in total. The van der Waals surface area contributed by atoms with Crippen LogP contribution in [0, 0.1) is 6.92 Å². The third-order valence-electron chi connectivity index (χ3n) is 4.33. The highest BCUT2D eigenvalue weighted by molar-refractivity contribution is 8.00. The smallest absolute Gasteiger partial charge is 0.239 e. The lowest BCUT2D eigenvalue weighted by Crippen LogP contribution is -2.23. The Morgan fingerprint density at radius 2 is 1.84 bits per heavy atom. The lowest BCUT2D eigenvalue weighted by molar-refractivity contribution is -0.115. The quantitative estimate of drug-likeness (QED) is 0.390. The Morgan fingerprint density at radius 3 is 2.52 bits per heavy atom. The fourth-order valence-electron chi connectivity index (χ4n) is 2.80. The van der Waals surface area contributed by atoms with E-state index in [9.17, 15) is 4.79 Å². The molecule has 0 saturated carbocycles. The van der Waals surface area contributed by atoms with E-state index >= 15 is 0 Å². The van der Waals surface area contributed by atoms with Crippen molar-refractivity contribution in [2.24, 2.45) is 0 Å². The molecule has 0 aliphatic rings. The number of carbonyl (C=O) groups is 1. The van der Waals surface area contributed by atoms with Gasteiger partial charge in [-0.05, 0) is 38.1 Å². The van der Waals surface area contributed by atoms with Crippen LogP contribution in [0.1, 0.15) is 18.4 Å². The lowest BCUT2D eigenvalue weighted by Gasteiger charge is -2.13. The summed E-state index contributed by atoms with van der Waals surface area (Å²) in [5.74, 6) is 1.27. The molecule has 158 valence electrons. The number of carbonyl (C=O) groups excluding carboxylic acids is 1. The van der Waals surface area contributed by atoms with Crippen LogP contribution in [-0.4, -0.2) is 30.9 Å². The fraction of sp³-hybridized carbons (Fsp3) is 0.182. The number of rotatable bonds is 8. The summed E-state index contributed by atoms with van der Waals surface area (Å²) in [5, 5.41) is 14.3.